The third kappa shape index (κ3) is 4.47. The van der Waals surface area contributed by atoms with Crippen LogP contribution in [0.4, 0.5) is 0 Å². The Kier molecular flexibility index (Phi) is 6.05. The average molecular weight is 432 g/mol. The van der Waals surface area contributed by atoms with E-state index in [9.17, 15) is 10.1 Å². The van der Waals surface area contributed by atoms with Crippen molar-refractivity contribution in [2.24, 2.45) is 7.05 Å². The van der Waals surface area contributed by atoms with Crippen molar-refractivity contribution in [3.63, 3.8) is 0 Å². The van der Waals surface area contributed by atoms with Crippen LogP contribution in [0.25, 0.3) is 11.1 Å². The number of benzene rings is 1. The Balaban J connectivity index is 1.70. The van der Waals surface area contributed by atoms with Crippen LogP contribution in [0.3, 0.4) is 0 Å². The highest BCUT2D eigenvalue weighted by molar-refractivity contribution is 7.07. The summed E-state index contributed by atoms with van der Waals surface area (Å²) in [6.45, 7) is 1.31. The summed E-state index contributed by atoms with van der Waals surface area (Å²) in [5.41, 5.74) is 5.14. The van der Waals surface area contributed by atoms with Crippen molar-refractivity contribution in [2.45, 2.75) is 12.6 Å². The molecule has 158 valence electrons. The zero-order valence-electron chi connectivity index (χ0n) is 17.9. The maximum absolute atomic E-state index is 13.9. The van der Waals surface area contributed by atoms with Gasteiger partial charge in [-0.2, -0.15) is 16.6 Å². The summed E-state index contributed by atoms with van der Waals surface area (Å²) < 4.78 is 1.90. The first-order valence-corrected chi connectivity index (χ1v) is 11.0. The highest BCUT2D eigenvalue weighted by atomic mass is 32.1. The molecule has 0 saturated carbocycles. The van der Waals surface area contributed by atoms with Gasteiger partial charge in [0, 0.05) is 64.0 Å². The van der Waals surface area contributed by atoms with Gasteiger partial charge in [0.15, 0.2) is 5.78 Å². The van der Waals surface area contributed by atoms with Gasteiger partial charge < -0.3 is 9.58 Å². The third-order valence-electron chi connectivity index (χ3n) is 5.55. The molecule has 3 aromatic rings. The third-order valence-corrected chi connectivity index (χ3v) is 6.28. The fourth-order valence-electron chi connectivity index (χ4n) is 3.85. The van der Waals surface area contributed by atoms with Crippen molar-refractivity contribution >= 4 is 17.1 Å². The first-order valence-electron chi connectivity index (χ1n) is 10.1. The summed E-state index contributed by atoms with van der Waals surface area (Å²) in [6, 6.07) is 11.2. The fraction of sp³-hybridized carbons (Fsp3) is 0.250. The highest BCUT2D eigenvalue weighted by Crippen LogP contribution is 2.28. The van der Waals surface area contributed by atoms with Crippen molar-refractivity contribution in [2.75, 3.05) is 20.6 Å². The van der Waals surface area contributed by atoms with Crippen LogP contribution in [0.1, 0.15) is 21.5 Å². The number of aryl methyl sites for hydroxylation is 1. The maximum atomic E-state index is 13.9. The molecule has 4 rings (SSSR count). The summed E-state index contributed by atoms with van der Waals surface area (Å²) in [7, 11) is 5.90. The first kappa shape index (κ1) is 21.1. The Labute approximate surface area is 186 Å². The van der Waals surface area contributed by atoms with Crippen LogP contribution < -0.4 is 5.32 Å². The molecule has 1 aliphatic heterocycles. The minimum Gasteiger partial charge on any atom is -0.356 e. The summed E-state index contributed by atoms with van der Waals surface area (Å²) >= 11 is 1.65. The number of nitrogens with one attached hydrogen (secondary N) is 1. The lowest BCUT2D eigenvalue weighted by Crippen LogP contribution is -2.39. The van der Waals surface area contributed by atoms with Gasteiger partial charge in [0.1, 0.15) is 0 Å². The molecule has 0 saturated heterocycles. The second-order valence-corrected chi connectivity index (χ2v) is 8.63. The van der Waals surface area contributed by atoms with E-state index in [-0.39, 0.29) is 5.78 Å². The normalized spacial score (nSPS) is 15.0. The number of hydrogen-bond acceptors (Lipinski definition) is 6. The molecule has 6 nitrogen and oxygen atoms in total. The summed E-state index contributed by atoms with van der Waals surface area (Å²) in [5, 5.41) is 21.0. The van der Waals surface area contributed by atoms with Gasteiger partial charge in [0.25, 0.3) is 0 Å². The van der Waals surface area contributed by atoms with Gasteiger partial charge in [-0.25, -0.2) is 5.01 Å². The molecule has 7 heteroatoms. The first-order chi connectivity index (χ1) is 15.0. The monoisotopic (exact) mass is 431 g/mol. The van der Waals surface area contributed by atoms with E-state index < -0.39 is 6.04 Å². The summed E-state index contributed by atoms with van der Waals surface area (Å²) in [5.74, 6) is 0.0307. The lowest BCUT2D eigenvalue weighted by Gasteiger charge is -2.21. The molecular formula is C24H25N5OS. The number of nitriles is 1. The van der Waals surface area contributed by atoms with Crippen LogP contribution in [0.2, 0.25) is 0 Å². The molecule has 1 aliphatic rings. The second-order valence-electron chi connectivity index (χ2n) is 7.85. The Hall–Kier alpha value is -3.18. The zero-order chi connectivity index (χ0) is 22.0. The number of aromatic nitrogens is 1. The van der Waals surface area contributed by atoms with Crippen LogP contribution >= 0.6 is 11.3 Å². The number of thiophene rings is 1. The lowest BCUT2D eigenvalue weighted by molar-refractivity contribution is 0.0949. The smallest absolute Gasteiger partial charge is 0.186 e. The van der Waals surface area contributed by atoms with Crippen LogP contribution in [0.5, 0.6) is 0 Å². The van der Waals surface area contributed by atoms with Gasteiger partial charge >= 0.3 is 0 Å². The van der Waals surface area contributed by atoms with Crippen LogP contribution in [-0.4, -0.2) is 47.1 Å². The fourth-order valence-corrected chi connectivity index (χ4v) is 4.52. The zero-order valence-corrected chi connectivity index (χ0v) is 18.7. The molecule has 1 unspecified atom stereocenters. The van der Waals surface area contributed by atoms with Gasteiger partial charge in [-0.3, -0.25) is 10.1 Å². The number of hydrogen-bond donors (Lipinski definition) is 1. The van der Waals surface area contributed by atoms with E-state index in [1.165, 1.54) is 0 Å². The second kappa shape index (κ2) is 8.90. The lowest BCUT2D eigenvalue weighted by atomic mass is 9.94. The van der Waals surface area contributed by atoms with Gasteiger partial charge in [0.2, 0.25) is 0 Å². The number of nitrogens with zero attached hydrogens (tertiary/aromatic N) is 4. The maximum Gasteiger partial charge on any atom is 0.186 e. The van der Waals surface area contributed by atoms with E-state index in [2.05, 4.69) is 27.8 Å². The standard InChI is InChI=1S/C24H25N5OS/c1-27-14-21(19-6-4-5-17(9-19)10-25)22(15-27)24(30)23(20-12-28(2)29(3)13-20)26-11-18-7-8-31-16-18/h4-9,12,14-16,23,26H,11,13H2,1-3H3. The summed E-state index contributed by atoms with van der Waals surface area (Å²) in [6.07, 6.45) is 5.85. The number of carbonyl (C=O) groups is 1. The molecule has 0 fully saturated rings. The van der Waals surface area contributed by atoms with E-state index in [1.807, 2.05) is 72.9 Å². The van der Waals surface area contributed by atoms with Gasteiger partial charge in [-0.05, 0) is 45.7 Å². The number of hydrazine groups is 1. The van der Waals surface area contributed by atoms with Crippen molar-refractivity contribution < 1.29 is 4.79 Å². The predicted molar refractivity (Wildman–Crippen MR) is 123 cm³/mol. The topological polar surface area (TPSA) is 64.3 Å². The molecular weight excluding hydrogens is 406 g/mol. The van der Waals surface area contributed by atoms with Crippen molar-refractivity contribution in [1.82, 2.24) is 19.9 Å². The quantitative estimate of drug-likeness (QED) is 0.579. The largest absolute Gasteiger partial charge is 0.356 e. The van der Waals surface area contributed by atoms with Gasteiger partial charge in [-0.15, -0.1) is 0 Å². The molecule has 0 bridgehead atoms. The molecule has 1 N–H and O–H groups in total. The molecule has 0 spiro atoms. The van der Waals surface area contributed by atoms with E-state index in [0.717, 1.165) is 22.3 Å². The molecule has 31 heavy (non-hydrogen) atoms. The van der Waals surface area contributed by atoms with Crippen LogP contribution in [0, 0.1) is 11.3 Å². The molecule has 0 radical (unpaired) electrons. The van der Waals surface area contributed by atoms with Gasteiger partial charge in [-0.1, -0.05) is 12.1 Å². The van der Waals surface area contributed by atoms with Crippen molar-refractivity contribution in [1.29, 1.82) is 5.26 Å². The Bertz CT molecular complexity index is 1160. The Morgan fingerprint density at radius 3 is 2.77 bits per heavy atom. The molecule has 2 aromatic heterocycles. The van der Waals surface area contributed by atoms with Crippen molar-refractivity contribution in [3.8, 4) is 17.2 Å². The molecule has 0 amide bonds. The van der Waals surface area contributed by atoms with E-state index in [0.29, 0.717) is 24.2 Å². The number of ketones is 1. The van der Waals surface area contributed by atoms with Gasteiger partial charge in [0.05, 0.1) is 17.7 Å². The number of Topliss-reactive ketones (excluding diaryl/α,β-unsaturated/α-hetero) is 1. The predicted octanol–water partition coefficient (Wildman–Crippen LogP) is 3.64. The number of rotatable bonds is 7. The van der Waals surface area contributed by atoms with E-state index >= 15 is 0 Å². The van der Waals surface area contributed by atoms with Crippen molar-refractivity contribution in [3.05, 3.63) is 81.9 Å². The van der Waals surface area contributed by atoms with Crippen LogP contribution in [-0.2, 0) is 13.6 Å². The summed E-state index contributed by atoms with van der Waals surface area (Å²) in [4.78, 5) is 13.9. The molecule has 3 heterocycles. The molecule has 1 atom stereocenters. The van der Waals surface area contributed by atoms with E-state index in [4.69, 9.17) is 0 Å². The highest BCUT2D eigenvalue weighted by Gasteiger charge is 2.31. The Morgan fingerprint density at radius 1 is 1.26 bits per heavy atom. The average Bonchev–Trinajstić information content (AvgIpc) is 3.49. The Morgan fingerprint density at radius 2 is 2.10 bits per heavy atom. The minimum absolute atomic E-state index is 0.0307. The molecule has 1 aromatic carbocycles. The van der Waals surface area contributed by atoms with Crippen LogP contribution in [0.15, 0.2) is 65.3 Å². The SMILES string of the molecule is CN1C=C(C(NCc2ccsc2)C(=O)c2cn(C)cc2-c2cccc(C#N)c2)CN1C. The minimum atomic E-state index is -0.437. The van der Waals surface area contributed by atoms with E-state index in [1.54, 1.807) is 17.4 Å². The molecule has 0 aliphatic carbocycles. The number of likely N-dealkylation sites (N-methyl/N-ethyl adjacent to an activating group) is 1. The number of carbonyl (C=O) groups excluding carboxylic acids is 1.